The van der Waals surface area contributed by atoms with Crippen LogP contribution in [0.1, 0.15) is 29.4 Å². The van der Waals surface area contributed by atoms with E-state index in [0.717, 1.165) is 18.5 Å². The Labute approximate surface area is 98.3 Å². The van der Waals surface area contributed by atoms with Crippen molar-refractivity contribution in [3.05, 3.63) is 29.7 Å². The third-order valence-electron chi connectivity index (χ3n) is 2.34. The molecule has 0 atom stereocenters. The predicted octanol–water partition coefficient (Wildman–Crippen LogP) is 0.927. The van der Waals surface area contributed by atoms with Crippen molar-refractivity contribution < 1.29 is 9.90 Å². The number of hydrogen-bond donors (Lipinski definition) is 2. The minimum Gasteiger partial charge on any atom is -0.476 e. The fourth-order valence-corrected chi connectivity index (χ4v) is 1.52. The summed E-state index contributed by atoms with van der Waals surface area (Å²) in [4.78, 5) is 14.9. The van der Waals surface area contributed by atoms with Gasteiger partial charge in [0.15, 0.2) is 11.3 Å². The summed E-state index contributed by atoms with van der Waals surface area (Å²) in [5, 5.41) is 16.0. The molecular weight excluding hydrogens is 220 g/mol. The SMILES string of the molecule is CCCNCc1cnc2cc(C(=O)O)nn2c1. The standard InChI is InChI=1S/C11H14N4O2/c1-2-3-12-5-8-6-13-10-4-9(11(16)17)14-15(10)7-8/h4,6-7,12H,2-3,5H2,1H3,(H,16,17). The molecule has 2 aromatic rings. The molecule has 17 heavy (non-hydrogen) atoms. The van der Waals surface area contributed by atoms with Crippen molar-refractivity contribution in [2.24, 2.45) is 0 Å². The Kier molecular flexibility index (Phi) is 3.34. The molecule has 0 fully saturated rings. The van der Waals surface area contributed by atoms with Crippen molar-refractivity contribution in [2.75, 3.05) is 6.54 Å². The van der Waals surface area contributed by atoms with Crippen LogP contribution in [0.3, 0.4) is 0 Å². The van der Waals surface area contributed by atoms with Gasteiger partial charge in [-0.05, 0) is 13.0 Å². The van der Waals surface area contributed by atoms with Gasteiger partial charge < -0.3 is 10.4 Å². The van der Waals surface area contributed by atoms with Crippen LogP contribution < -0.4 is 5.32 Å². The Morgan fingerprint density at radius 1 is 1.59 bits per heavy atom. The van der Waals surface area contributed by atoms with E-state index in [0.29, 0.717) is 12.2 Å². The van der Waals surface area contributed by atoms with Crippen molar-refractivity contribution in [2.45, 2.75) is 19.9 Å². The highest BCUT2D eigenvalue weighted by molar-refractivity contribution is 5.86. The van der Waals surface area contributed by atoms with E-state index >= 15 is 0 Å². The third kappa shape index (κ3) is 2.59. The summed E-state index contributed by atoms with van der Waals surface area (Å²) in [5.74, 6) is -1.04. The first-order valence-corrected chi connectivity index (χ1v) is 5.49. The normalized spacial score (nSPS) is 10.9. The summed E-state index contributed by atoms with van der Waals surface area (Å²) in [5.41, 5.74) is 1.53. The lowest BCUT2D eigenvalue weighted by molar-refractivity contribution is 0.0690. The van der Waals surface area contributed by atoms with Gasteiger partial charge in [-0.25, -0.2) is 14.3 Å². The molecule has 0 aromatic carbocycles. The van der Waals surface area contributed by atoms with Crippen LogP contribution in [0, 0.1) is 0 Å². The molecule has 0 saturated heterocycles. The number of carboxylic acids is 1. The van der Waals surface area contributed by atoms with Crippen LogP contribution in [-0.4, -0.2) is 32.2 Å². The van der Waals surface area contributed by atoms with Crippen molar-refractivity contribution in [1.29, 1.82) is 0 Å². The first-order valence-electron chi connectivity index (χ1n) is 5.49. The second-order valence-electron chi connectivity index (χ2n) is 3.78. The maximum absolute atomic E-state index is 10.8. The highest BCUT2D eigenvalue weighted by atomic mass is 16.4. The first-order chi connectivity index (χ1) is 8.20. The van der Waals surface area contributed by atoms with Crippen molar-refractivity contribution in [1.82, 2.24) is 19.9 Å². The van der Waals surface area contributed by atoms with Gasteiger partial charge in [0.2, 0.25) is 0 Å². The van der Waals surface area contributed by atoms with Crippen molar-refractivity contribution >= 4 is 11.6 Å². The van der Waals surface area contributed by atoms with E-state index in [1.54, 1.807) is 12.4 Å². The highest BCUT2D eigenvalue weighted by Gasteiger charge is 2.09. The van der Waals surface area contributed by atoms with E-state index in [2.05, 4.69) is 22.3 Å². The van der Waals surface area contributed by atoms with Crippen LogP contribution in [0.2, 0.25) is 0 Å². The number of carbonyl (C=O) groups is 1. The Balaban J connectivity index is 2.21. The minimum absolute atomic E-state index is 0.0103. The van der Waals surface area contributed by atoms with Gasteiger partial charge in [-0.3, -0.25) is 0 Å². The van der Waals surface area contributed by atoms with Crippen LogP contribution in [0.4, 0.5) is 0 Å². The number of nitrogens with one attached hydrogen (secondary N) is 1. The van der Waals surface area contributed by atoms with Crippen molar-refractivity contribution in [3.63, 3.8) is 0 Å². The maximum Gasteiger partial charge on any atom is 0.356 e. The van der Waals surface area contributed by atoms with Gasteiger partial charge in [0.1, 0.15) is 0 Å². The summed E-state index contributed by atoms with van der Waals surface area (Å²) in [7, 11) is 0. The monoisotopic (exact) mass is 234 g/mol. The van der Waals surface area contributed by atoms with Crippen LogP contribution in [-0.2, 0) is 6.54 Å². The van der Waals surface area contributed by atoms with Crippen LogP contribution in [0.15, 0.2) is 18.5 Å². The van der Waals surface area contributed by atoms with Crippen LogP contribution >= 0.6 is 0 Å². The molecule has 0 spiro atoms. The van der Waals surface area contributed by atoms with Gasteiger partial charge >= 0.3 is 5.97 Å². The van der Waals surface area contributed by atoms with E-state index in [-0.39, 0.29) is 5.69 Å². The summed E-state index contributed by atoms with van der Waals surface area (Å²) in [6, 6.07) is 1.45. The molecular formula is C11H14N4O2. The summed E-state index contributed by atoms with van der Waals surface area (Å²) in [6.07, 6.45) is 4.59. The van der Waals surface area contributed by atoms with Gasteiger partial charge in [-0.1, -0.05) is 6.92 Å². The second kappa shape index (κ2) is 4.92. The van der Waals surface area contributed by atoms with E-state index < -0.39 is 5.97 Å². The zero-order valence-electron chi connectivity index (χ0n) is 9.55. The molecule has 2 heterocycles. The molecule has 2 N–H and O–H groups in total. The molecule has 0 bridgehead atoms. The zero-order chi connectivity index (χ0) is 12.3. The molecule has 0 radical (unpaired) electrons. The number of aromatic nitrogens is 3. The van der Waals surface area contributed by atoms with Gasteiger partial charge in [0.25, 0.3) is 0 Å². The van der Waals surface area contributed by atoms with Crippen LogP contribution in [0.25, 0.3) is 5.65 Å². The number of carboxylic acid groups (broad SMARTS) is 1. The molecule has 0 aliphatic rings. The fourth-order valence-electron chi connectivity index (χ4n) is 1.52. The molecule has 6 heteroatoms. The average Bonchev–Trinajstić information content (AvgIpc) is 2.72. The molecule has 0 amide bonds. The van der Waals surface area contributed by atoms with Gasteiger partial charge in [-0.2, -0.15) is 5.10 Å². The van der Waals surface area contributed by atoms with Crippen molar-refractivity contribution in [3.8, 4) is 0 Å². The van der Waals surface area contributed by atoms with Gasteiger partial charge in [0, 0.05) is 30.6 Å². The smallest absolute Gasteiger partial charge is 0.356 e. The molecule has 6 nitrogen and oxygen atoms in total. The Morgan fingerprint density at radius 3 is 3.12 bits per heavy atom. The molecule has 2 rings (SSSR count). The molecule has 0 aliphatic heterocycles. The molecule has 0 unspecified atom stereocenters. The molecule has 2 aromatic heterocycles. The number of fused-ring (bicyclic) bond motifs is 1. The van der Waals surface area contributed by atoms with Gasteiger partial charge in [0.05, 0.1) is 0 Å². The van der Waals surface area contributed by atoms with E-state index in [1.165, 1.54) is 10.6 Å². The Hall–Kier alpha value is -1.95. The molecule has 0 saturated carbocycles. The largest absolute Gasteiger partial charge is 0.476 e. The number of aromatic carboxylic acids is 1. The predicted molar refractivity (Wildman–Crippen MR) is 61.9 cm³/mol. The lowest BCUT2D eigenvalue weighted by Gasteiger charge is -2.02. The first kappa shape index (κ1) is 11.5. The number of hydrogen-bond acceptors (Lipinski definition) is 4. The van der Waals surface area contributed by atoms with Crippen LogP contribution in [0.5, 0.6) is 0 Å². The Morgan fingerprint density at radius 2 is 2.41 bits per heavy atom. The lowest BCUT2D eigenvalue weighted by Crippen LogP contribution is -2.14. The third-order valence-corrected chi connectivity index (χ3v) is 2.34. The maximum atomic E-state index is 10.8. The minimum atomic E-state index is -1.04. The topological polar surface area (TPSA) is 79.5 Å². The molecule has 90 valence electrons. The number of rotatable bonds is 5. The number of nitrogens with zero attached hydrogens (tertiary/aromatic N) is 3. The summed E-state index contributed by atoms with van der Waals surface area (Å²) >= 11 is 0. The van der Waals surface area contributed by atoms with E-state index in [9.17, 15) is 4.79 Å². The fraction of sp³-hybridized carbons (Fsp3) is 0.364. The quantitative estimate of drug-likeness (QED) is 0.752. The zero-order valence-corrected chi connectivity index (χ0v) is 9.55. The second-order valence-corrected chi connectivity index (χ2v) is 3.78. The van der Waals surface area contributed by atoms with Gasteiger partial charge in [-0.15, -0.1) is 0 Å². The highest BCUT2D eigenvalue weighted by Crippen LogP contribution is 2.05. The molecule has 0 aliphatic carbocycles. The summed E-state index contributed by atoms with van der Waals surface area (Å²) < 4.78 is 1.49. The average molecular weight is 234 g/mol. The lowest BCUT2D eigenvalue weighted by atomic mass is 10.3. The van der Waals surface area contributed by atoms with E-state index in [1.807, 2.05) is 0 Å². The van der Waals surface area contributed by atoms with E-state index in [4.69, 9.17) is 5.11 Å². The Bertz CT molecular complexity index is 535. The summed E-state index contributed by atoms with van der Waals surface area (Å²) in [6.45, 7) is 3.75.